The molecule has 0 saturated heterocycles. The van der Waals surface area contributed by atoms with Gasteiger partial charge in [0, 0.05) is 36.7 Å². The molecule has 24 heavy (non-hydrogen) atoms. The van der Waals surface area contributed by atoms with E-state index < -0.39 is 0 Å². The summed E-state index contributed by atoms with van der Waals surface area (Å²) in [6, 6.07) is 12.7. The van der Waals surface area contributed by atoms with Gasteiger partial charge in [0.15, 0.2) is 0 Å². The van der Waals surface area contributed by atoms with Gasteiger partial charge in [-0.2, -0.15) is 0 Å². The minimum absolute atomic E-state index is 0.967. The van der Waals surface area contributed by atoms with Crippen LogP contribution in [0, 0.1) is 6.92 Å². The van der Waals surface area contributed by atoms with Crippen molar-refractivity contribution in [3.63, 3.8) is 0 Å². The molecule has 0 spiro atoms. The van der Waals surface area contributed by atoms with Gasteiger partial charge in [0.2, 0.25) is 0 Å². The molecule has 0 amide bonds. The molecule has 1 aromatic carbocycles. The number of anilines is 1. The van der Waals surface area contributed by atoms with E-state index in [9.17, 15) is 0 Å². The van der Waals surface area contributed by atoms with Crippen molar-refractivity contribution in [2.75, 3.05) is 31.5 Å². The lowest BCUT2D eigenvalue weighted by atomic mass is 10.1. The number of hydrogen-bond donors (Lipinski definition) is 1. The quantitative estimate of drug-likeness (QED) is 0.712. The molecule has 0 radical (unpaired) electrons. The monoisotopic (exact) mass is 322 g/mol. The molecule has 0 unspecified atom stereocenters. The highest BCUT2D eigenvalue weighted by Crippen LogP contribution is 2.22. The first kappa shape index (κ1) is 16.5. The molecule has 0 aliphatic carbocycles. The summed E-state index contributed by atoms with van der Waals surface area (Å²) in [7, 11) is 0. The molecule has 4 heteroatoms. The third-order valence-corrected chi connectivity index (χ3v) is 4.51. The molecular formula is C20H26N4. The number of pyridine rings is 1. The lowest BCUT2D eigenvalue weighted by Gasteiger charge is -2.18. The second-order valence-corrected chi connectivity index (χ2v) is 6.08. The number of rotatable bonds is 7. The molecule has 2 heterocycles. The molecule has 3 rings (SSSR count). The van der Waals surface area contributed by atoms with Crippen LogP contribution in [0.15, 0.2) is 48.8 Å². The molecule has 126 valence electrons. The Morgan fingerprint density at radius 1 is 1.08 bits per heavy atom. The maximum atomic E-state index is 4.76. The fraction of sp³-hybridized carbons (Fsp3) is 0.350. The van der Waals surface area contributed by atoms with Crippen molar-refractivity contribution in [2.24, 2.45) is 0 Å². The second-order valence-electron chi connectivity index (χ2n) is 6.08. The maximum Gasteiger partial charge on any atom is 0.140 e. The minimum Gasteiger partial charge on any atom is -0.384 e. The molecular weight excluding hydrogens is 296 g/mol. The Bertz CT molecular complexity index is 785. The molecule has 1 N–H and O–H groups in total. The number of hydrogen-bond acceptors (Lipinski definition) is 3. The van der Waals surface area contributed by atoms with Gasteiger partial charge in [0.1, 0.15) is 5.65 Å². The summed E-state index contributed by atoms with van der Waals surface area (Å²) in [4.78, 5) is 7.17. The summed E-state index contributed by atoms with van der Waals surface area (Å²) < 4.78 is 2.08. The van der Waals surface area contributed by atoms with E-state index in [-0.39, 0.29) is 0 Å². The summed E-state index contributed by atoms with van der Waals surface area (Å²) in [5.74, 6) is 0. The molecule has 0 bridgehead atoms. The van der Waals surface area contributed by atoms with Crippen LogP contribution < -0.4 is 5.32 Å². The highest BCUT2D eigenvalue weighted by Gasteiger charge is 2.06. The van der Waals surface area contributed by atoms with E-state index in [2.05, 4.69) is 78.0 Å². The van der Waals surface area contributed by atoms with Crippen molar-refractivity contribution in [3.8, 4) is 11.3 Å². The first-order valence-electron chi connectivity index (χ1n) is 8.72. The van der Waals surface area contributed by atoms with Crippen LogP contribution in [0.4, 0.5) is 5.69 Å². The zero-order chi connectivity index (χ0) is 16.9. The second kappa shape index (κ2) is 7.49. The van der Waals surface area contributed by atoms with E-state index in [1.165, 1.54) is 5.56 Å². The zero-order valence-electron chi connectivity index (χ0n) is 14.8. The number of aromatic nitrogens is 2. The lowest BCUT2D eigenvalue weighted by molar-refractivity contribution is 0.316. The van der Waals surface area contributed by atoms with E-state index in [1.807, 2.05) is 6.20 Å². The molecule has 0 aliphatic rings. The predicted octanol–water partition coefficient (Wildman–Crippen LogP) is 4.06. The SMILES string of the molecule is CCN(CC)CCNc1ccc(-c2cn3cccc(C)c3n2)cc1. The van der Waals surface area contributed by atoms with E-state index in [0.29, 0.717) is 0 Å². The van der Waals surface area contributed by atoms with Crippen LogP contribution in [-0.4, -0.2) is 40.5 Å². The maximum absolute atomic E-state index is 4.76. The van der Waals surface area contributed by atoms with Gasteiger partial charge in [-0.15, -0.1) is 0 Å². The number of likely N-dealkylation sites (N-methyl/N-ethyl adjacent to an activating group) is 1. The van der Waals surface area contributed by atoms with Crippen molar-refractivity contribution in [1.29, 1.82) is 0 Å². The molecule has 0 atom stereocenters. The van der Waals surface area contributed by atoms with Crippen LogP contribution in [0.3, 0.4) is 0 Å². The van der Waals surface area contributed by atoms with Crippen molar-refractivity contribution in [2.45, 2.75) is 20.8 Å². The molecule has 3 aromatic rings. The Labute approximate surface area is 144 Å². The van der Waals surface area contributed by atoms with Crippen LogP contribution in [0.25, 0.3) is 16.9 Å². The highest BCUT2D eigenvalue weighted by atomic mass is 15.1. The normalized spacial score (nSPS) is 11.3. The van der Waals surface area contributed by atoms with E-state index in [1.54, 1.807) is 0 Å². The van der Waals surface area contributed by atoms with Gasteiger partial charge >= 0.3 is 0 Å². The largest absolute Gasteiger partial charge is 0.384 e. The third-order valence-electron chi connectivity index (χ3n) is 4.51. The lowest BCUT2D eigenvalue weighted by Crippen LogP contribution is -2.28. The average Bonchev–Trinajstić information content (AvgIpc) is 3.05. The number of benzene rings is 1. The predicted molar refractivity (Wildman–Crippen MR) is 102 cm³/mol. The topological polar surface area (TPSA) is 32.6 Å². The number of fused-ring (bicyclic) bond motifs is 1. The Morgan fingerprint density at radius 2 is 1.83 bits per heavy atom. The molecule has 0 fully saturated rings. The van der Waals surface area contributed by atoms with E-state index >= 15 is 0 Å². The smallest absolute Gasteiger partial charge is 0.140 e. The number of aryl methyl sites for hydroxylation is 1. The Morgan fingerprint density at radius 3 is 2.50 bits per heavy atom. The summed E-state index contributed by atoms with van der Waals surface area (Å²) in [5, 5.41) is 3.49. The third kappa shape index (κ3) is 3.60. The minimum atomic E-state index is 0.967. The van der Waals surface area contributed by atoms with Gasteiger partial charge in [-0.05, 0) is 43.8 Å². The summed E-state index contributed by atoms with van der Waals surface area (Å²) in [6.07, 6.45) is 4.13. The Balaban J connectivity index is 1.68. The Hall–Kier alpha value is -2.33. The van der Waals surface area contributed by atoms with Crippen LogP contribution in [0.1, 0.15) is 19.4 Å². The fourth-order valence-corrected chi connectivity index (χ4v) is 2.95. The summed E-state index contributed by atoms with van der Waals surface area (Å²) in [6.45, 7) is 10.7. The zero-order valence-corrected chi connectivity index (χ0v) is 14.8. The highest BCUT2D eigenvalue weighted by molar-refractivity contribution is 5.66. The summed E-state index contributed by atoms with van der Waals surface area (Å²) in [5.41, 5.74) is 5.53. The fourth-order valence-electron chi connectivity index (χ4n) is 2.95. The molecule has 2 aromatic heterocycles. The number of nitrogens with one attached hydrogen (secondary N) is 1. The van der Waals surface area contributed by atoms with Gasteiger partial charge in [-0.3, -0.25) is 0 Å². The molecule has 0 saturated carbocycles. The van der Waals surface area contributed by atoms with Crippen LogP contribution in [0.5, 0.6) is 0 Å². The van der Waals surface area contributed by atoms with Crippen LogP contribution in [-0.2, 0) is 0 Å². The van der Waals surface area contributed by atoms with Crippen molar-refractivity contribution >= 4 is 11.3 Å². The summed E-state index contributed by atoms with van der Waals surface area (Å²) >= 11 is 0. The van der Waals surface area contributed by atoms with E-state index in [4.69, 9.17) is 4.98 Å². The molecule has 0 aliphatic heterocycles. The van der Waals surface area contributed by atoms with Crippen molar-refractivity contribution in [3.05, 3.63) is 54.4 Å². The van der Waals surface area contributed by atoms with Crippen molar-refractivity contribution in [1.82, 2.24) is 14.3 Å². The average molecular weight is 322 g/mol. The Kier molecular flexibility index (Phi) is 5.16. The van der Waals surface area contributed by atoms with Gasteiger partial charge < -0.3 is 14.6 Å². The van der Waals surface area contributed by atoms with E-state index in [0.717, 1.165) is 48.8 Å². The number of imidazole rings is 1. The van der Waals surface area contributed by atoms with Gasteiger partial charge in [0.25, 0.3) is 0 Å². The standard InChI is InChI=1S/C20H26N4/c1-4-23(5-2)14-12-21-18-10-8-17(9-11-18)19-15-24-13-6-7-16(3)20(24)22-19/h6-11,13,15,21H,4-5,12,14H2,1-3H3. The first-order valence-corrected chi connectivity index (χ1v) is 8.72. The van der Waals surface area contributed by atoms with Crippen LogP contribution in [0.2, 0.25) is 0 Å². The molecule has 4 nitrogen and oxygen atoms in total. The van der Waals surface area contributed by atoms with Crippen molar-refractivity contribution < 1.29 is 0 Å². The number of nitrogens with zero attached hydrogens (tertiary/aromatic N) is 3. The van der Waals surface area contributed by atoms with Crippen LogP contribution >= 0.6 is 0 Å². The van der Waals surface area contributed by atoms with Gasteiger partial charge in [-0.1, -0.05) is 32.0 Å². The van der Waals surface area contributed by atoms with Gasteiger partial charge in [-0.25, -0.2) is 4.98 Å². The first-order chi connectivity index (χ1) is 11.7. The van der Waals surface area contributed by atoms with Gasteiger partial charge in [0.05, 0.1) is 5.69 Å².